The highest BCUT2D eigenvalue weighted by atomic mass is 16.5. The van der Waals surface area contributed by atoms with Crippen molar-refractivity contribution in [1.82, 2.24) is 0 Å². The Labute approximate surface area is 86.5 Å². The van der Waals surface area contributed by atoms with Gasteiger partial charge in [0, 0.05) is 11.1 Å². The smallest absolute Gasteiger partial charge is 0.314 e. The highest BCUT2D eigenvalue weighted by molar-refractivity contribution is 6.12. The molecular weight excluding hydrogens is 196 g/mol. The molecule has 0 bridgehead atoms. The maximum Gasteiger partial charge on any atom is 0.314 e. The molecule has 1 aliphatic carbocycles. The molecule has 0 aliphatic heterocycles. The van der Waals surface area contributed by atoms with Crippen molar-refractivity contribution in [3.63, 3.8) is 0 Å². The molecule has 0 fully saturated rings. The lowest BCUT2D eigenvalue weighted by Crippen LogP contribution is -2.19. The number of aliphatic carboxylic acids is 1. The van der Waals surface area contributed by atoms with Crippen molar-refractivity contribution in [2.75, 3.05) is 7.11 Å². The first-order chi connectivity index (χ1) is 7.15. The zero-order chi connectivity index (χ0) is 11.0. The van der Waals surface area contributed by atoms with Gasteiger partial charge in [-0.2, -0.15) is 0 Å². The standard InChI is InChI=1S/C11H10O4/c1-15-9-4-2-3-6-7(9)5-8(10(6)12)11(13)14/h2-4,8H,5H2,1H3,(H,13,14). The van der Waals surface area contributed by atoms with E-state index in [9.17, 15) is 9.59 Å². The third kappa shape index (κ3) is 1.38. The maximum absolute atomic E-state index is 11.7. The minimum absolute atomic E-state index is 0.230. The van der Waals surface area contributed by atoms with E-state index >= 15 is 0 Å². The maximum atomic E-state index is 11.7. The Morgan fingerprint density at radius 1 is 1.53 bits per heavy atom. The molecular formula is C11H10O4. The number of carboxylic acid groups (broad SMARTS) is 1. The van der Waals surface area contributed by atoms with Crippen LogP contribution in [0.4, 0.5) is 0 Å². The van der Waals surface area contributed by atoms with E-state index in [1.54, 1.807) is 18.2 Å². The van der Waals surface area contributed by atoms with Crippen LogP contribution >= 0.6 is 0 Å². The molecule has 15 heavy (non-hydrogen) atoms. The molecule has 0 heterocycles. The van der Waals surface area contributed by atoms with Gasteiger partial charge in [0.25, 0.3) is 0 Å². The molecule has 0 aromatic heterocycles. The Morgan fingerprint density at radius 3 is 2.87 bits per heavy atom. The Balaban J connectivity index is 2.49. The summed E-state index contributed by atoms with van der Waals surface area (Å²) in [6, 6.07) is 5.07. The number of ketones is 1. The lowest BCUT2D eigenvalue weighted by molar-refractivity contribution is -0.139. The molecule has 2 rings (SSSR count). The van der Waals surface area contributed by atoms with E-state index in [2.05, 4.69) is 0 Å². The van der Waals surface area contributed by atoms with Crippen molar-refractivity contribution in [3.8, 4) is 5.75 Å². The van der Waals surface area contributed by atoms with Gasteiger partial charge in [0.05, 0.1) is 7.11 Å². The number of benzene rings is 1. The van der Waals surface area contributed by atoms with Crippen molar-refractivity contribution < 1.29 is 19.4 Å². The van der Waals surface area contributed by atoms with Crippen molar-refractivity contribution in [2.45, 2.75) is 6.42 Å². The van der Waals surface area contributed by atoms with Crippen LogP contribution < -0.4 is 4.74 Å². The molecule has 1 aliphatic rings. The molecule has 78 valence electrons. The predicted octanol–water partition coefficient (Wildman–Crippen LogP) is 1.13. The number of methoxy groups -OCH3 is 1. The number of fused-ring (bicyclic) bond motifs is 1. The third-order valence-corrected chi connectivity index (χ3v) is 2.64. The summed E-state index contributed by atoms with van der Waals surface area (Å²) >= 11 is 0. The van der Waals surface area contributed by atoms with E-state index in [1.807, 2.05) is 0 Å². The largest absolute Gasteiger partial charge is 0.496 e. The second kappa shape index (κ2) is 3.38. The lowest BCUT2D eigenvalue weighted by atomic mass is 10.1. The molecule has 0 saturated heterocycles. The van der Waals surface area contributed by atoms with E-state index in [0.29, 0.717) is 16.9 Å². The number of ether oxygens (including phenoxy) is 1. The van der Waals surface area contributed by atoms with Crippen LogP contribution in [0.15, 0.2) is 18.2 Å². The van der Waals surface area contributed by atoms with Gasteiger partial charge in [0.15, 0.2) is 5.78 Å². The Bertz CT molecular complexity index is 436. The van der Waals surface area contributed by atoms with Crippen molar-refractivity contribution in [1.29, 1.82) is 0 Å². The van der Waals surface area contributed by atoms with Crippen LogP contribution in [-0.4, -0.2) is 24.0 Å². The summed E-state index contributed by atoms with van der Waals surface area (Å²) in [5.74, 6) is -1.75. The lowest BCUT2D eigenvalue weighted by Gasteiger charge is -2.04. The summed E-state index contributed by atoms with van der Waals surface area (Å²) in [6.07, 6.45) is 0.230. The van der Waals surface area contributed by atoms with Gasteiger partial charge in [-0.3, -0.25) is 9.59 Å². The van der Waals surface area contributed by atoms with Gasteiger partial charge in [0.2, 0.25) is 0 Å². The van der Waals surface area contributed by atoms with Gasteiger partial charge < -0.3 is 9.84 Å². The molecule has 0 spiro atoms. The van der Waals surface area contributed by atoms with E-state index in [1.165, 1.54) is 7.11 Å². The van der Waals surface area contributed by atoms with Gasteiger partial charge in [0.1, 0.15) is 11.7 Å². The summed E-state index contributed by atoms with van der Waals surface area (Å²) in [4.78, 5) is 22.5. The number of hydrogen-bond donors (Lipinski definition) is 1. The van der Waals surface area contributed by atoms with E-state index in [0.717, 1.165) is 0 Å². The van der Waals surface area contributed by atoms with E-state index < -0.39 is 11.9 Å². The van der Waals surface area contributed by atoms with Gasteiger partial charge in [-0.15, -0.1) is 0 Å². The average Bonchev–Trinajstić information content (AvgIpc) is 2.56. The third-order valence-electron chi connectivity index (χ3n) is 2.64. The molecule has 1 N–H and O–H groups in total. The number of carbonyl (C=O) groups excluding carboxylic acids is 1. The molecule has 0 saturated carbocycles. The normalized spacial score (nSPS) is 18.7. The number of rotatable bonds is 2. The zero-order valence-electron chi connectivity index (χ0n) is 8.19. The summed E-state index contributed by atoms with van der Waals surface area (Å²) in [7, 11) is 1.51. The van der Waals surface area contributed by atoms with Crippen molar-refractivity contribution in [3.05, 3.63) is 29.3 Å². The van der Waals surface area contributed by atoms with Crippen molar-refractivity contribution in [2.24, 2.45) is 5.92 Å². The number of Topliss-reactive ketones (excluding diaryl/α,β-unsaturated/α-hetero) is 1. The first-order valence-electron chi connectivity index (χ1n) is 4.58. The molecule has 0 radical (unpaired) electrons. The van der Waals surface area contributed by atoms with Gasteiger partial charge in [-0.25, -0.2) is 0 Å². The van der Waals surface area contributed by atoms with E-state index in [4.69, 9.17) is 9.84 Å². The molecule has 1 atom stereocenters. The van der Waals surface area contributed by atoms with Crippen LogP contribution in [0, 0.1) is 5.92 Å². The summed E-state index contributed by atoms with van der Waals surface area (Å²) in [5, 5.41) is 8.86. The quantitative estimate of drug-likeness (QED) is 0.737. The van der Waals surface area contributed by atoms with Crippen LogP contribution in [0.1, 0.15) is 15.9 Å². The van der Waals surface area contributed by atoms with Gasteiger partial charge in [-0.1, -0.05) is 12.1 Å². The van der Waals surface area contributed by atoms with Gasteiger partial charge >= 0.3 is 5.97 Å². The minimum Gasteiger partial charge on any atom is -0.496 e. The number of carboxylic acids is 1. The van der Waals surface area contributed by atoms with Crippen molar-refractivity contribution >= 4 is 11.8 Å². The van der Waals surface area contributed by atoms with Gasteiger partial charge in [-0.05, 0) is 12.5 Å². The van der Waals surface area contributed by atoms with E-state index in [-0.39, 0.29) is 12.2 Å². The van der Waals surface area contributed by atoms with Crippen LogP contribution in [0.3, 0.4) is 0 Å². The summed E-state index contributed by atoms with van der Waals surface area (Å²) in [5.41, 5.74) is 1.18. The SMILES string of the molecule is COc1cccc2c1CC(C(=O)O)C2=O. The Morgan fingerprint density at radius 2 is 2.27 bits per heavy atom. The highest BCUT2D eigenvalue weighted by Crippen LogP contribution is 2.33. The summed E-state index contributed by atoms with van der Waals surface area (Å²) < 4.78 is 5.09. The molecule has 4 nitrogen and oxygen atoms in total. The minimum atomic E-state index is -1.07. The number of hydrogen-bond acceptors (Lipinski definition) is 3. The second-order valence-corrected chi connectivity index (χ2v) is 3.45. The fourth-order valence-electron chi connectivity index (χ4n) is 1.88. The highest BCUT2D eigenvalue weighted by Gasteiger charge is 2.37. The molecule has 1 aromatic rings. The molecule has 4 heteroatoms. The summed E-state index contributed by atoms with van der Waals surface area (Å²) in [6.45, 7) is 0. The monoisotopic (exact) mass is 206 g/mol. The first kappa shape index (κ1) is 9.71. The zero-order valence-corrected chi connectivity index (χ0v) is 8.19. The second-order valence-electron chi connectivity index (χ2n) is 3.45. The fraction of sp³-hybridized carbons (Fsp3) is 0.273. The predicted molar refractivity (Wildman–Crippen MR) is 52.2 cm³/mol. The van der Waals surface area contributed by atoms with Crippen LogP contribution in [0.5, 0.6) is 5.75 Å². The molecule has 1 aromatic carbocycles. The average molecular weight is 206 g/mol. The molecule has 0 amide bonds. The Kier molecular flexibility index (Phi) is 2.19. The molecule has 1 unspecified atom stereocenters. The fourth-order valence-corrected chi connectivity index (χ4v) is 1.88. The Hall–Kier alpha value is -1.84. The van der Waals surface area contributed by atoms with Crippen LogP contribution in [-0.2, 0) is 11.2 Å². The topological polar surface area (TPSA) is 63.6 Å². The van der Waals surface area contributed by atoms with Crippen LogP contribution in [0.25, 0.3) is 0 Å². The number of carbonyl (C=O) groups is 2. The first-order valence-corrected chi connectivity index (χ1v) is 4.58. The van der Waals surface area contributed by atoms with Crippen LogP contribution in [0.2, 0.25) is 0 Å².